The van der Waals surface area contributed by atoms with E-state index in [-0.39, 0.29) is 0 Å². The largest absolute Gasteiger partial charge is 0.342 e. The number of aromatic nitrogens is 4. The highest BCUT2D eigenvalue weighted by atomic mass is 35.5. The number of aromatic amines is 2. The van der Waals surface area contributed by atoms with Crippen molar-refractivity contribution >= 4 is 45.3 Å². The Hall–Kier alpha value is -2.04. The van der Waals surface area contributed by atoms with Gasteiger partial charge in [0.25, 0.3) is 0 Å². The lowest BCUT2D eigenvalue weighted by atomic mass is 10.3. The summed E-state index contributed by atoms with van der Waals surface area (Å²) in [6, 6.07) is 11.2. The fraction of sp³-hybridized carbons (Fsp3) is 0.0667. The fourth-order valence-corrected chi connectivity index (χ4v) is 2.74. The number of nitrogens with one attached hydrogen (secondary N) is 2. The first-order valence-electron chi connectivity index (χ1n) is 6.46. The molecule has 0 bridgehead atoms. The molecule has 0 aliphatic rings. The maximum absolute atomic E-state index is 5.98. The molecule has 4 nitrogen and oxygen atoms in total. The second-order valence-electron chi connectivity index (χ2n) is 4.87. The van der Waals surface area contributed by atoms with Gasteiger partial charge >= 0.3 is 0 Å². The second-order valence-corrected chi connectivity index (χ2v) is 5.74. The van der Waals surface area contributed by atoms with Crippen LogP contribution in [0.5, 0.6) is 0 Å². The molecule has 6 heteroatoms. The van der Waals surface area contributed by atoms with Crippen LogP contribution in [-0.2, 0) is 6.42 Å². The summed E-state index contributed by atoms with van der Waals surface area (Å²) < 4.78 is 0. The van der Waals surface area contributed by atoms with Crippen molar-refractivity contribution in [1.82, 2.24) is 19.9 Å². The lowest BCUT2D eigenvalue weighted by molar-refractivity contribution is 0.960. The van der Waals surface area contributed by atoms with Crippen molar-refractivity contribution in [2.24, 2.45) is 0 Å². The van der Waals surface area contributed by atoms with Crippen molar-refractivity contribution in [3.8, 4) is 0 Å². The zero-order chi connectivity index (χ0) is 14.4. The van der Waals surface area contributed by atoms with Gasteiger partial charge in [-0.15, -0.1) is 0 Å². The van der Waals surface area contributed by atoms with E-state index in [0.717, 1.165) is 33.7 Å². The monoisotopic (exact) mass is 316 g/mol. The van der Waals surface area contributed by atoms with Crippen LogP contribution in [0.15, 0.2) is 36.4 Å². The van der Waals surface area contributed by atoms with Crippen LogP contribution in [0.1, 0.15) is 11.6 Å². The molecule has 104 valence electrons. The van der Waals surface area contributed by atoms with Crippen LogP contribution in [0.2, 0.25) is 10.0 Å². The molecule has 0 saturated carbocycles. The maximum atomic E-state index is 5.98. The number of halogens is 2. The van der Waals surface area contributed by atoms with Crippen molar-refractivity contribution in [2.45, 2.75) is 6.42 Å². The van der Waals surface area contributed by atoms with Crippen LogP contribution in [0.3, 0.4) is 0 Å². The summed E-state index contributed by atoms with van der Waals surface area (Å²) >= 11 is 12.0. The number of hydrogen-bond donors (Lipinski definition) is 2. The highest BCUT2D eigenvalue weighted by molar-refractivity contribution is 6.31. The molecule has 0 aliphatic heterocycles. The van der Waals surface area contributed by atoms with Gasteiger partial charge in [-0.2, -0.15) is 0 Å². The third-order valence-corrected chi connectivity index (χ3v) is 3.79. The van der Waals surface area contributed by atoms with E-state index in [2.05, 4.69) is 19.9 Å². The second kappa shape index (κ2) is 4.76. The van der Waals surface area contributed by atoms with Crippen molar-refractivity contribution in [3.63, 3.8) is 0 Å². The van der Waals surface area contributed by atoms with Gasteiger partial charge in [0, 0.05) is 10.0 Å². The lowest BCUT2D eigenvalue weighted by Crippen LogP contribution is -1.92. The number of imidazole rings is 2. The van der Waals surface area contributed by atoms with E-state index in [4.69, 9.17) is 23.2 Å². The van der Waals surface area contributed by atoms with E-state index in [1.54, 1.807) is 0 Å². The molecule has 0 spiro atoms. The molecule has 21 heavy (non-hydrogen) atoms. The fourth-order valence-electron chi connectivity index (χ4n) is 2.40. The Labute approximate surface area is 130 Å². The first-order valence-corrected chi connectivity index (χ1v) is 7.21. The highest BCUT2D eigenvalue weighted by Crippen LogP contribution is 2.20. The van der Waals surface area contributed by atoms with Crippen LogP contribution in [0, 0.1) is 0 Å². The SMILES string of the molecule is Clc1ccc2nc(Cc3nc4ccc(Cl)cc4[nH]3)[nH]c2c1. The van der Waals surface area contributed by atoms with Gasteiger partial charge in [0.15, 0.2) is 0 Å². The van der Waals surface area contributed by atoms with Gasteiger partial charge < -0.3 is 9.97 Å². The lowest BCUT2D eigenvalue weighted by Gasteiger charge is -1.91. The van der Waals surface area contributed by atoms with Crippen LogP contribution in [0.4, 0.5) is 0 Å². The van der Waals surface area contributed by atoms with Gasteiger partial charge in [0.1, 0.15) is 11.6 Å². The highest BCUT2D eigenvalue weighted by Gasteiger charge is 2.08. The van der Waals surface area contributed by atoms with Gasteiger partial charge in [0.05, 0.1) is 28.5 Å². The number of H-pyrrole nitrogens is 2. The molecule has 0 aliphatic carbocycles. The van der Waals surface area contributed by atoms with Crippen LogP contribution in [0.25, 0.3) is 22.1 Å². The molecule has 0 unspecified atom stereocenters. The summed E-state index contributed by atoms with van der Waals surface area (Å²) in [5, 5.41) is 1.38. The third-order valence-electron chi connectivity index (χ3n) is 3.32. The standard InChI is InChI=1S/C15H10Cl2N4/c16-8-1-3-10-12(5-8)20-14(18-10)7-15-19-11-4-2-9(17)6-13(11)21-15/h1-6H,7H2,(H,18,20)(H,19,21). The third kappa shape index (κ3) is 2.37. The summed E-state index contributed by atoms with van der Waals surface area (Å²) in [6.07, 6.45) is 0.596. The van der Waals surface area contributed by atoms with Gasteiger partial charge in [-0.1, -0.05) is 23.2 Å². The minimum Gasteiger partial charge on any atom is -0.342 e. The molecule has 0 atom stereocenters. The molecular formula is C15H10Cl2N4. The van der Waals surface area contributed by atoms with E-state index >= 15 is 0 Å². The van der Waals surface area contributed by atoms with E-state index in [1.165, 1.54) is 0 Å². The summed E-state index contributed by atoms with van der Waals surface area (Å²) in [5.41, 5.74) is 3.65. The quantitative estimate of drug-likeness (QED) is 0.578. The molecule has 4 aromatic rings. The average molecular weight is 317 g/mol. The van der Waals surface area contributed by atoms with E-state index in [1.807, 2.05) is 36.4 Å². The maximum Gasteiger partial charge on any atom is 0.114 e. The number of nitrogens with zero attached hydrogens (tertiary/aromatic N) is 2. The summed E-state index contributed by atoms with van der Waals surface area (Å²) in [4.78, 5) is 15.6. The first-order chi connectivity index (χ1) is 10.2. The van der Waals surface area contributed by atoms with Crippen LogP contribution in [-0.4, -0.2) is 19.9 Å². The number of benzene rings is 2. The minimum atomic E-state index is 0.596. The summed E-state index contributed by atoms with van der Waals surface area (Å²) in [7, 11) is 0. The Morgan fingerprint density at radius 1 is 0.762 bits per heavy atom. The predicted octanol–water partition coefficient (Wildman–Crippen LogP) is 4.34. The Morgan fingerprint density at radius 3 is 1.71 bits per heavy atom. The molecule has 2 aromatic heterocycles. The average Bonchev–Trinajstić information content (AvgIpc) is 3.00. The molecule has 2 aromatic carbocycles. The van der Waals surface area contributed by atoms with Crippen LogP contribution >= 0.6 is 23.2 Å². The van der Waals surface area contributed by atoms with Crippen molar-refractivity contribution in [3.05, 3.63) is 58.1 Å². The van der Waals surface area contributed by atoms with Gasteiger partial charge in [-0.05, 0) is 36.4 Å². The first kappa shape index (κ1) is 12.7. The number of hydrogen-bond acceptors (Lipinski definition) is 2. The molecule has 0 radical (unpaired) electrons. The predicted molar refractivity (Wildman–Crippen MR) is 85.0 cm³/mol. The van der Waals surface area contributed by atoms with Crippen LogP contribution < -0.4 is 0 Å². The van der Waals surface area contributed by atoms with Gasteiger partial charge in [-0.25, -0.2) is 9.97 Å². The smallest absolute Gasteiger partial charge is 0.114 e. The summed E-state index contributed by atoms with van der Waals surface area (Å²) in [5.74, 6) is 1.69. The van der Waals surface area contributed by atoms with Crippen molar-refractivity contribution in [1.29, 1.82) is 0 Å². The molecule has 2 N–H and O–H groups in total. The number of fused-ring (bicyclic) bond motifs is 2. The topological polar surface area (TPSA) is 57.4 Å². The normalized spacial score (nSPS) is 11.5. The summed E-state index contributed by atoms with van der Waals surface area (Å²) in [6.45, 7) is 0. The van der Waals surface area contributed by atoms with E-state index in [9.17, 15) is 0 Å². The zero-order valence-corrected chi connectivity index (χ0v) is 12.3. The van der Waals surface area contributed by atoms with E-state index in [0.29, 0.717) is 16.5 Å². The Bertz CT molecular complexity index is 877. The van der Waals surface area contributed by atoms with Gasteiger partial charge in [-0.3, -0.25) is 0 Å². The minimum absolute atomic E-state index is 0.596. The molecule has 0 saturated heterocycles. The van der Waals surface area contributed by atoms with Gasteiger partial charge in [0.2, 0.25) is 0 Å². The Kier molecular flexibility index (Phi) is 2.87. The van der Waals surface area contributed by atoms with E-state index < -0.39 is 0 Å². The Morgan fingerprint density at radius 2 is 1.24 bits per heavy atom. The molecular weight excluding hydrogens is 307 g/mol. The molecule has 2 heterocycles. The molecule has 0 amide bonds. The molecule has 0 fully saturated rings. The number of rotatable bonds is 2. The zero-order valence-electron chi connectivity index (χ0n) is 10.8. The molecule has 4 rings (SSSR count). The van der Waals surface area contributed by atoms with Crippen molar-refractivity contribution < 1.29 is 0 Å². The Balaban J connectivity index is 1.71. The van der Waals surface area contributed by atoms with Crippen molar-refractivity contribution in [2.75, 3.05) is 0 Å².